The van der Waals surface area contributed by atoms with Crippen LogP contribution in [0, 0.1) is 5.92 Å². The number of piperidine rings is 1. The number of nitrogens with zero attached hydrogens (tertiary/aromatic N) is 1. The number of benzene rings is 2. The minimum atomic E-state index is -3.42. The summed E-state index contributed by atoms with van der Waals surface area (Å²) in [5.41, 5.74) is 1.49. The molecule has 1 saturated heterocycles. The molecule has 0 aliphatic carbocycles. The van der Waals surface area contributed by atoms with Crippen molar-refractivity contribution in [2.24, 2.45) is 5.92 Å². The van der Waals surface area contributed by atoms with Gasteiger partial charge in [-0.15, -0.1) is 0 Å². The molecule has 160 valence electrons. The quantitative estimate of drug-likeness (QED) is 0.708. The normalized spacial score (nSPS) is 15.5. The Balaban J connectivity index is 1.58. The minimum Gasteiger partial charge on any atom is -0.355 e. The van der Waals surface area contributed by atoms with Gasteiger partial charge in [0, 0.05) is 31.7 Å². The maximum atomic E-state index is 12.7. The third kappa shape index (κ3) is 5.38. The van der Waals surface area contributed by atoms with Crippen molar-refractivity contribution in [2.45, 2.75) is 18.6 Å². The summed E-state index contributed by atoms with van der Waals surface area (Å²) >= 11 is 6.04. The van der Waals surface area contributed by atoms with E-state index >= 15 is 0 Å². The second-order valence-electron chi connectivity index (χ2n) is 7.18. The van der Waals surface area contributed by atoms with E-state index in [2.05, 4.69) is 10.6 Å². The predicted octanol–water partition coefficient (Wildman–Crippen LogP) is 2.88. The van der Waals surface area contributed by atoms with Crippen LogP contribution >= 0.6 is 11.6 Å². The van der Waals surface area contributed by atoms with Crippen LogP contribution in [-0.4, -0.2) is 44.7 Å². The molecule has 0 unspecified atom stereocenters. The van der Waals surface area contributed by atoms with Gasteiger partial charge in [-0.25, -0.2) is 12.7 Å². The number of hydrogen-bond donors (Lipinski definition) is 2. The number of carbonyl (C=O) groups is 2. The molecule has 3 rings (SSSR count). The molecule has 1 aliphatic heterocycles. The first-order valence-electron chi connectivity index (χ1n) is 9.64. The predicted molar refractivity (Wildman–Crippen MR) is 117 cm³/mol. The van der Waals surface area contributed by atoms with Crippen LogP contribution in [0.3, 0.4) is 0 Å². The van der Waals surface area contributed by atoms with E-state index in [-0.39, 0.29) is 29.0 Å². The largest absolute Gasteiger partial charge is 0.355 e. The van der Waals surface area contributed by atoms with Crippen LogP contribution in [0.4, 0.5) is 5.69 Å². The van der Waals surface area contributed by atoms with Crippen molar-refractivity contribution < 1.29 is 18.0 Å². The average Bonchev–Trinajstić information content (AvgIpc) is 2.75. The Bertz CT molecular complexity index is 1020. The summed E-state index contributed by atoms with van der Waals surface area (Å²) < 4.78 is 26.8. The summed E-state index contributed by atoms with van der Waals surface area (Å²) in [5.74, 6) is -0.877. The summed E-state index contributed by atoms with van der Waals surface area (Å²) in [4.78, 5) is 24.5. The van der Waals surface area contributed by atoms with Crippen molar-refractivity contribution in [2.75, 3.05) is 25.5 Å². The van der Waals surface area contributed by atoms with Gasteiger partial charge < -0.3 is 10.6 Å². The number of hydrogen-bond acceptors (Lipinski definition) is 4. The van der Waals surface area contributed by atoms with Crippen LogP contribution in [0.25, 0.3) is 0 Å². The summed E-state index contributed by atoms with van der Waals surface area (Å²) in [6.45, 7) is 0.606. The molecule has 0 bridgehead atoms. The van der Waals surface area contributed by atoms with E-state index in [9.17, 15) is 18.0 Å². The highest BCUT2D eigenvalue weighted by atomic mass is 35.5. The van der Waals surface area contributed by atoms with E-state index < -0.39 is 10.0 Å². The molecule has 2 aromatic carbocycles. The number of carbonyl (C=O) groups excluding carboxylic acids is 2. The molecule has 1 heterocycles. The molecule has 0 radical (unpaired) electrons. The average molecular weight is 450 g/mol. The number of rotatable bonds is 6. The molecule has 2 N–H and O–H groups in total. The van der Waals surface area contributed by atoms with Crippen molar-refractivity contribution in [3.8, 4) is 0 Å². The van der Waals surface area contributed by atoms with Crippen LogP contribution in [0.15, 0.2) is 48.5 Å². The summed E-state index contributed by atoms with van der Waals surface area (Å²) in [7, 11) is -1.92. The fourth-order valence-electron chi connectivity index (χ4n) is 3.43. The molecular weight excluding hydrogens is 426 g/mol. The van der Waals surface area contributed by atoms with Gasteiger partial charge in [0.25, 0.3) is 5.91 Å². The minimum absolute atomic E-state index is 0.0439. The number of halogens is 1. The van der Waals surface area contributed by atoms with Crippen molar-refractivity contribution in [3.05, 3.63) is 64.7 Å². The zero-order valence-electron chi connectivity index (χ0n) is 16.6. The maximum Gasteiger partial charge on any atom is 0.252 e. The van der Waals surface area contributed by atoms with Crippen LogP contribution < -0.4 is 10.6 Å². The Kier molecular flexibility index (Phi) is 7.12. The monoisotopic (exact) mass is 449 g/mol. The number of anilines is 1. The molecule has 2 amide bonds. The molecule has 2 aromatic rings. The van der Waals surface area contributed by atoms with Gasteiger partial charge in [0.2, 0.25) is 15.9 Å². The maximum absolute atomic E-state index is 12.7. The van der Waals surface area contributed by atoms with Crippen LogP contribution in [0.2, 0.25) is 5.02 Å². The van der Waals surface area contributed by atoms with E-state index in [0.717, 1.165) is 5.56 Å². The van der Waals surface area contributed by atoms with E-state index in [1.165, 1.54) is 17.4 Å². The fraction of sp³-hybridized carbons (Fsp3) is 0.333. The highest BCUT2D eigenvalue weighted by molar-refractivity contribution is 7.88. The molecule has 1 aliphatic rings. The number of amides is 2. The molecule has 0 spiro atoms. The van der Waals surface area contributed by atoms with Crippen LogP contribution in [0.5, 0.6) is 0 Å². The Hall–Kier alpha value is -2.42. The highest BCUT2D eigenvalue weighted by Crippen LogP contribution is 2.25. The molecule has 1 fully saturated rings. The molecule has 0 atom stereocenters. The Morgan fingerprint density at radius 2 is 1.77 bits per heavy atom. The Labute approximate surface area is 181 Å². The van der Waals surface area contributed by atoms with Gasteiger partial charge in [0.15, 0.2) is 0 Å². The Morgan fingerprint density at radius 3 is 2.40 bits per heavy atom. The van der Waals surface area contributed by atoms with Crippen LogP contribution in [0.1, 0.15) is 28.8 Å². The van der Waals surface area contributed by atoms with Crippen LogP contribution in [-0.2, 0) is 20.6 Å². The Morgan fingerprint density at radius 1 is 1.10 bits per heavy atom. The van der Waals surface area contributed by atoms with Crippen molar-refractivity contribution in [1.29, 1.82) is 0 Å². The zero-order valence-corrected chi connectivity index (χ0v) is 18.2. The topological polar surface area (TPSA) is 95.6 Å². The molecule has 30 heavy (non-hydrogen) atoms. The highest BCUT2D eigenvalue weighted by Gasteiger charge is 2.31. The molecule has 0 aromatic heterocycles. The lowest BCUT2D eigenvalue weighted by Crippen LogP contribution is -2.41. The molecular formula is C21H24ClN3O4S. The van der Waals surface area contributed by atoms with Crippen molar-refractivity contribution in [3.63, 3.8) is 0 Å². The second kappa shape index (κ2) is 9.59. The number of nitrogens with one attached hydrogen (secondary N) is 2. The van der Waals surface area contributed by atoms with E-state index in [4.69, 9.17) is 11.6 Å². The summed E-state index contributed by atoms with van der Waals surface area (Å²) in [6.07, 6.45) is 0.880. The second-order valence-corrected chi connectivity index (χ2v) is 9.55. The van der Waals surface area contributed by atoms with E-state index in [1.807, 2.05) is 18.2 Å². The molecule has 7 nitrogen and oxygen atoms in total. The van der Waals surface area contributed by atoms with Crippen molar-refractivity contribution >= 4 is 39.1 Å². The smallest absolute Gasteiger partial charge is 0.252 e. The first-order valence-corrected chi connectivity index (χ1v) is 11.6. The molecule has 9 heteroatoms. The van der Waals surface area contributed by atoms with Crippen molar-refractivity contribution in [1.82, 2.24) is 9.62 Å². The van der Waals surface area contributed by atoms with Gasteiger partial charge in [-0.1, -0.05) is 41.9 Å². The van der Waals surface area contributed by atoms with Gasteiger partial charge >= 0.3 is 0 Å². The number of sulfonamides is 1. The van der Waals surface area contributed by atoms with E-state index in [0.29, 0.717) is 36.6 Å². The fourth-order valence-corrected chi connectivity index (χ4v) is 5.20. The van der Waals surface area contributed by atoms with Gasteiger partial charge in [-0.2, -0.15) is 0 Å². The molecule has 0 saturated carbocycles. The standard InChI is InChI=1S/C21H24ClN3O4S/c1-23-21(27)18-13-17(7-8-19(18)22)24-20(26)16-9-11-25(12-10-16)30(28,29)14-15-5-3-2-4-6-15/h2-8,13,16H,9-12,14H2,1H3,(H,23,27)(H,24,26). The SMILES string of the molecule is CNC(=O)c1cc(NC(=O)C2CCN(S(=O)(=O)Cc3ccccc3)CC2)ccc1Cl. The van der Waals surface area contributed by atoms with Gasteiger partial charge in [-0.3, -0.25) is 9.59 Å². The lowest BCUT2D eigenvalue weighted by molar-refractivity contribution is -0.120. The first-order chi connectivity index (χ1) is 14.3. The first kappa shape index (κ1) is 22.3. The third-order valence-electron chi connectivity index (χ3n) is 5.12. The van der Waals surface area contributed by atoms with Gasteiger partial charge in [-0.05, 0) is 36.6 Å². The van der Waals surface area contributed by atoms with E-state index in [1.54, 1.807) is 24.3 Å². The summed E-state index contributed by atoms with van der Waals surface area (Å²) in [5, 5.41) is 5.61. The van der Waals surface area contributed by atoms with Gasteiger partial charge in [0.05, 0.1) is 16.3 Å². The third-order valence-corrected chi connectivity index (χ3v) is 7.30. The summed E-state index contributed by atoms with van der Waals surface area (Å²) in [6, 6.07) is 13.8. The lowest BCUT2D eigenvalue weighted by Gasteiger charge is -2.30. The van der Waals surface area contributed by atoms with Gasteiger partial charge in [0.1, 0.15) is 0 Å². The lowest BCUT2D eigenvalue weighted by atomic mass is 9.97. The zero-order chi connectivity index (χ0) is 21.7.